The van der Waals surface area contributed by atoms with Crippen molar-refractivity contribution in [1.29, 1.82) is 0 Å². The van der Waals surface area contributed by atoms with E-state index in [1.54, 1.807) is 0 Å². The highest BCUT2D eigenvalue weighted by Gasteiger charge is 2.19. The zero-order chi connectivity index (χ0) is 19.2. The summed E-state index contributed by atoms with van der Waals surface area (Å²) in [7, 11) is 0. The van der Waals surface area contributed by atoms with Gasteiger partial charge >= 0.3 is 0 Å². The lowest BCUT2D eigenvalue weighted by Crippen LogP contribution is -2.18. The topological polar surface area (TPSA) is 29.1 Å². The van der Waals surface area contributed by atoms with Crippen LogP contribution in [-0.4, -0.2) is 5.91 Å². The number of anilines is 1. The molecule has 138 valence electrons. The van der Waals surface area contributed by atoms with Crippen LogP contribution in [0.3, 0.4) is 0 Å². The Morgan fingerprint density at radius 3 is 1.89 bits per heavy atom. The van der Waals surface area contributed by atoms with Crippen molar-refractivity contribution in [1.82, 2.24) is 0 Å². The molecule has 0 fully saturated rings. The van der Waals surface area contributed by atoms with E-state index in [4.69, 9.17) is 0 Å². The van der Waals surface area contributed by atoms with Gasteiger partial charge in [0.25, 0.3) is 0 Å². The predicted molar refractivity (Wildman–Crippen MR) is 113 cm³/mol. The average molecular weight is 357 g/mol. The van der Waals surface area contributed by atoms with Crippen molar-refractivity contribution in [2.24, 2.45) is 0 Å². The van der Waals surface area contributed by atoms with Crippen LogP contribution in [0.15, 0.2) is 78.9 Å². The lowest BCUT2D eigenvalue weighted by Gasteiger charge is -2.20. The Labute approximate surface area is 162 Å². The Kier molecular flexibility index (Phi) is 6.08. The summed E-state index contributed by atoms with van der Waals surface area (Å²) in [6, 6.07) is 26.7. The fourth-order valence-electron chi connectivity index (χ4n) is 3.52. The number of nitrogens with one attached hydrogen (secondary N) is 1. The van der Waals surface area contributed by atoms with Crippen LogP contribution in [0.25, 0.3) is 0 Å². The van der Waals surface area contributed by atoms with Gasteiger partial charge in [-0.3, -0.25) is 4.79 Å². The van der Waals surface area contributed by atoms with Gasteiger partial charge in [-0.15, -0.1) is 0 Å². The number of hydrogen-bond acceptors (Lipinski definition) is 1. The van der Waals surface area contributed by atoms with Crippen molar-refractivity contribution in [2.45, 2.75) is 39.0 Å². The first-order valence-electron chi connectivity index (χ1n) is 9.55. The molecule has 0 radical (unpaired) electrons. The van der Waals surface area contributed by atoms with E-state index in [0.717, 1.165) is 22.4 Å². The second-order valence-corrected chi connectivity index (χ2v) is 7.32. The molecule has 3 aromatic rings. The van der Waals surface area contributed by atoms with Crippen molar-refractivity contribution in [3.8, 4) is 0 Å². The number of carbonyl (C=O) groups is 1. The maximum Gasteiger partial charge on any atom is 0.225 e. The van der Waals surface area contributed by atoms with Crippen molar-refractivity contribution in [3.63, 3.8) is 0 Å². The van der Waals surface area contributed by atoms with E-state index < -0.39 is 0 Å². The Morgan fingerprint density at radius 2 is 1.37 bits per heavy atom. The average Bonchev–Trinajstić information content (AvgIpc) is 2.69. The van der Waals surface area contributed by atoms with Gasteiger partial charge in [0.15, 0.2) is 0 Å². The van der Waals surface area contributed by atoms with Crippen LogP contribution in [0.2, 0.25) is 0 Å². The van der Waals surface area contributed by atoms with Crippen LogP contribution < -0.4 is 5.32 Å². The molecule has 0 saturated carbocycles. The smallest absolute Gasteiger partial charge is 0.225 e. The van der Waals surface area contributed by atoms with Gasteiger partial charge in [-0.2, -0.15) is 0 Å². The number of hydrogen-bond donors (Lipinski definition) is 1. The number of rotatable bonds is 6. The van der Waals surface area contributed by atoms with Crippen molar-refractivity contribution >= 4 is 11.6 Å². The van der Waals surface area contributed by atoms with Crippen molar-refractivity contribution < 1.29 is 4.79 Å². The van der Waals surface area contributed by atoms with Gasteiger partial charge in [0.1, 0.15) is 0 Å². The molecule has 0 heterocycles. The maximum absolute atomic E-state index is 13.0. The van der Waals surface area contributed by atoms with Crippen LogP contribution in [-0.2, 0) is 4.79 Å². The molecule has 2 nitrogen and oxygen atoms in total. The normalized spacial score (nSPS) is 11.0. The van der Waals surface area contributed by atoms with Gasteiger partial charge in [-0.25, -0.2) is 0 Å². The molecule has 1 amide bonds. The SMILES string of the molecule is Cc1cccc(C(C)C)c1NC(=O)CC(c1ccccc1)c1ccccc1. The van der Waals surface area contributed by atoms with Gasteiger partial charge in [0.2, 0.25) is 5.91 Å². The molecule has 3 aromatic carbocycles. The van der Waals surface area contributed by atoms with E-state index in [0.29, 0.717) is 12.3 Å². The molecule has 27 heavy (non-hydrogen) atoms. The first-order valence-corrected chi connectivity index (χ1v) is 9.55. The summed E-state index contributed by atoms with van der Waals surface area (Å²) in [5.41, 5.74) is 5.56. The minimum atomic E-state index is 0.0407. The third kappa shape index (κ3) is 4.65. The van der Waals surface area contributed by atoms with Crippen molar-refractivity contribution in [3.05, 3.63) is 101 Å². The molecular formula is C25H27NO. The summed E-state index contributed by atoms with van der Waals surface area (Å²) in [4.78, 5) is 13.0. The van der Waals surface area contributed by atoms with Crippen LogP contribution in [0, 0.1) is 6.92 Å². The van der Waals surface area contributed by atoms with E-state index >= 15 is 0 Å². The second-order valence-electron chi connectivity index (χ2n) is 7.32. The fourth-order valence-corrected chi connectivity index (χ4v) is 3.52. The molecular weight excluding hydrogens is 330 g/mol. The standard InChI is InChI=1S/C25H27NO/c1-18(2)22-16-10-11-19(3)25(22)26-24(27)17-23(20-12-6-4-7-13-20)21-14-8-5-9-15-21/h4-16,18,23H,17H2,1-3H3,(H,26,27). The monoisotopic (exact) mass is 357 g/mol. The third-order valence-corrected chi connectivity index (χ3v) is 4.98. The maximum atomic E-state index is 13.0. The second kappa shape index (κ2) is 8.68. The van der Waals surface area contributed by atoms with Crippen molar-refractivity contribution in [2.75, 3.05) is 5.32 Å². The number of carbonyl (C=O) groups excluding carboxylic acids is 1. The quantitative estimate of drug-likeness (QED) is 0.553. The highest BCUT2D eigenvalue weighted by Crippen LogP contribution is 2.31. The molecule has 0 bridgehead atoms. The van der Waals surface area contributed by atoms with Crippen LogP contribution >= 0.6 is 0 Å². The van der Waals surface area contributed by atoms with Crippen LogP contribution in [0.4, 0.5) is 5.69 Å². The van der Waals surface area contributed by atoms with E-state index in [9.17, 15) is 4.79 Å². The molecule has 0 spiro atoms. The lowest BCUT2D eigenvalue weighted by molar-refractivity contribution is -0.116. The largest absolute Gasteiger partial charge is 0.326 e. The molecule has 0 aliphatic rings. The minimum absolute atomic E-state index is 0.0407. The predicted octanol–water partition coefficient (Wildman–Crippen LogP) is 6.28. The molecule has 3 rings (SSSR count). The lowest BCUT2D eigenvalue weighted by atomic mass is 9.88. The number of amides is 1. The summed E-state index contributed by atoms with van der Waals surface area (Å²) in [6.07, 6.45) is 0.417. The highest BCUT2D eigenvalue weighted by molar-refractivity contribution is 5.93. The molecule has 1 N–H and O–H groups in total. The van der Waals surface area contributed by atoms with E-state index in [2.05, 4.69) is 55.6 Å². The summed E-state index contributed by atoms with van der Waals surface area (Å²) in [6.45, 7) is 6.36. The Bertz CT molecular complexity index is 845. The van der Waals surface area contributed by atoms with Gasteiger partial charge in [0, 0.05) is 18.0 Å². The van der Waals surface area contributed by atoms with Gasteiger partial charge in [-0.05, 0) is 35.1 Å². The molecule has 0 aliphatic heterocycles. The number of aryl methyl sites for hydroxylation is 1. The zero-order valence-corrected chi connectivity index (χ0v) is 16.3. The van der Waals surface area contributed by atoms with Crippen LogP contribution in [0.5, 0.6) is 0 Å². The molecule has 0 aliphatic carbocycles. The molecule has 0 unspecified atom stereocenters. The van der Waals surface area contributed by atoms with Crippen LogP contribution in [0.1, 0.15) is 54.4 Å². The van der Waals surface area contributed by atoms with E-state index in [-0.39, 0.29) is 11.8 Å². The van der Waals surface area contributed by atoms with Gasteiger partial charge in [-0.1, -0.05) is 92.7 Å². The fraction of sp³-hybridized carbons (Fsp3) is 0.240. The molecule has 2 heteroatoms. The van der Waals surface area contributed by atoms with E-state index in [1.165, 1.54) is 5.56 Å². The first-order chi connectivity index (χ1) is 13.1. The molecule has 0 aromatic heterocycles. The molecule has 0 saturated heterocycles. The highest BCUT2D eigenvalue weighted by atomic mass is 16.1. The molecule has 0 atom stereocenters. The Morgan fingerprint density at radius 1 is 0.815 bits per heavy atom. The summed E-state index contributed by atoms with van der Waals surface area (Å²) in [5, 5.41) is 3.19. The number of benzene rings is 3. The summed E-state index contributed by atoms with van der Waals surface area (Å²) >= 11 is 0. The van der Waals surface area contributed by atoms with Gasteiger partial charge < -0.3 is 5.32 Å². The Balaban J connectivity index is 1.86. The first kappa shape index (κ1) is 18.9. The minimum Gasteiger partial charge on any atom is -0.326 e. The summed E-state index contributed by atoms with van der Waals surface area (Å²) in [5.74, 6) is 0.446. The summed E-state index contributed by atoms with van der Waals surface area (Å²) < 4.78 is 0. The zero-order valence-electron chi connectivity index (χ0n) is 16.3. The number of para-hydroxylation sites is 1. The van der Waals surface area contributed by atoms with Gasteiger partial charge in [0.05, 0.1) is 0 Å². The Hall–Kier alpha value is -2.87. The third-order valence-electron chi connectivity index (χ3n) is 4.98. The van der Waals surface area contributed by atoms with E-state index in [1.807, 2.05) is 49.4 Å².